The molecular weight excluding hydrogens is 1000 g/mol. The van der Waals surface area contributed by atoms with Gasteiger partial charge in [-0.3, -0.25) is 4.90 Å². The normalized spacial score (nSPS) is 18.2. The van der Waals surface area contributed by atoms with Gasteiger partial charge in [0, 0.05) is 76.0 Å². The summed E-state index contributed by atoms with van der Waals surface area (Å²) >= 11 is 12.0. The van der Waals surface area contributed by atoms with E-state index in [1.54, 1.807) is 43.6 Å². The fourth-order valence-electron chi connectivity index (χ4n) is 10.1. The minimum atomic E-state index is -1.38. The number of nitrogens with zero attached hydrogens (tertiary/aromatic N) is 10. The molecule has 3 aliphatic heterocycles. The monoisotopic (exact) mass is 1050 g/mol. The van der Waals surface area contributed by atoms with E-state index in [1.807, 2.05) is 62.7 Å². The highest BCUT2D eigenvalue weighted by molar-refractivity contribution is 6.30. The molecule has 0 radical (unpaired) electrons. The number of aryl methyl sites for hydroxylation is 6. The number of hydrogen-bond acceptors (Lipinski definition) is 13. The smallest absolute Gasteiger partial charge is 0.338 e. The van der Waals surface area contributed by atoms with Gasteiger partial charge >= 0.3 is 11.9 Å². The number of aromatic nitrogens is 8. The first-order valence-electron chi connectivity index (χ1n) is 23.8. The van der Waals surface area contributed by atoms with Crippen molar-refractivity contribution in [3.05, 3.63) is 148 Å². The Labute approximate surface area is 432 Å². The number of alkyl halides is 1. The first-order chi connectivity index (χ1) is 35.7. The lowest BCUT2D eigenvalue weighted by molar-refractivity contribution is -0.0706. The molecule has 0 bridgehead atoms. The molecule has 0 N–H and O–H groups in total. The van der Waals surface area contributed by atoms with Gasteiger partial charge in [0.05, 0.1) is 85.4 Å². The van der Waals surface area contributed by atoms with Gasteiger partial charge < -0.3 is 46.9 Å². The van der Waals surface area contributed by atoms with Gasteiger partial charge in [-0.1, -0.05) is 17.7 Å². The lowest BCUT2D eigenvalue weighted by Gasteiger charge is -2.44. The molecule has 3 aliphatic rings. The van der Waals surface area contributed by atoms with E-state index < -0.39 is 35.2 Å². The summed E-state index contributed by atoms with van der Waals surface area (Å²) < 4.78 is 80.9. The predicted molar refractivity (Wildman–Crippen MR) is 268 cm³/mol. The van der Waals surface area contributed by atoms with Crippen molar-refractivity contribution in [3.8, 4) is 11.5 Å². The van der Waals surface area contributed by atoms with E-state index in [0.717, 1.165) is 23.4 Å². The lowest BCUT2D eigenvalue weighted by Crippen LogP contribution is -2.59. The van der Waals surface area contributed by atoms with Crippen molar-refractivity contribution >= 4 is 62.9 Å². The van der Waals surface area contributed by atoms with Crippen LogP contribution in [0.5, 0.6) is 11.5 Å². The molecule has 2 fully saturated rings. The molecule has 11 rings (SSSR count). The molecule has 7 heterocycles. The van der Waals surface area contributed by atoms with Crippen molar-refractivity contribution < 1.29 is 46.4 Å². The third-order valence-corrected chi connectivity index (χ3v) is 14.3. The number of para-hydroxylation sites is 1. The van der Waals surface area contributed by atoms with Crippen molar-refractivity contribution in [1.29, 1.82) is 0 Å². The highest BCUT2D eigenvalue weighted by atomic mass is 35.5. The average molecular weight is 1060 g/mol. The highest BCUT2D eigenvalue weighted by Gasteiger charge is 2.46. The van der Waals surface area contributed by atoms with Crippen LogP contribution in [0.15, 0.2) is 85.5 Å². The van der Waals surface area contributed by atoms with Crippen LogP contribution >= 0.6 is 23.2 Å². The number of imidazole rings is 4. The first kappa shape index (κ1) is 50.4. The van der Waals surface area contributed by atoms with E-state index in [-0.39, 0.29) is 50.7 Å². The molecule has 386 valence electrons. The van der Waals surface area contributed by atoms with Crippen molar-refractivity contribution in [2.75, 3.05) is 45.4 Å². The second-order valence-electron chi connectivity index (χ2n) is 18.2. The standard InChI is InChI=1S/C36H35ClF2N6O5.C16H16ClFN4O2/c1-21-40-9-10-42(21)11-14-45-28-16-22(35(46)47-3)15-26(39)33(28)41-32(45)18-43-12-13-44(30-20-48-19-29(30)43)27-5-4-6-31-34(27)50-36(2,49-31)24-8-7-23(37)17-25(24)38;1-10-19-3-4-21(10)5-6-22-13-8-11(16(23)24-2)7-12(18)15(13)20-14(22)9-17/h4-10,15-17,29-30H,11-14,18-20H2,1-3H3;3-4,7-8H,5-6,9H2,1-2H3/t29-,30+,36-;/m1./s1. The maximum atomic E-state index is 15.5. The number of fused-ring (bicyclic) bond motifs is 4. The largest absolute Gasteiger partial charge is 0.465 e. The number of esters is 2. The molecule has 0 aliphatic carbocycles. The fraction of sp³-hybridized carbons (Fsp3) is 0.346. The number of piperazine rings is 1. The van der Waals surface area contributed by atoms with Crippen LogP contribution in [0.4, 0.5) is 18.9 Å². The zero-order valence-electron chi connectivity index (χ0n) is 41.0. The number of anilines is 1. The minimum absolute atomic E-state index is 0.0124. The molecule has 0 unspecified atom stereocenters. The van der Waals surface area contributed by atoms with Crippen molar-refractivity contribution in [1.82, 2.24) is 43.1 Å². The summed E-state index contributed by atoms with van der Waals surface area (Å²) in [5.41, 5.74) is 2.78. The van der Waals surface area contributed by atoms with Crippen LogP contribution in [0, 0.1) is 31.3 Å². The Hall–Kier alpha value is -7.13. The molecule has 0 spiro atoms. The van der Waals surface area contributed by atoms with Crippen LogP contribution in [0.25, 0.3) is 22.1 Å². The van der Waals surface area contributed by atoms with E-state index in [2.05, 4.69) is 29.5 Å². The Morgan fingerprint density at radius 3 is 1.91 bits per heavy atom. The number of benzene rings is 4. The van der Waals surface area contributed by atoms with E-state index in [4.69, 9.17) is 47.1 Å². The molecular formula is C52H51Cl2F3N10O7. The number of ether oxygens (including phenoxy) is 5. The maximum Gasteiger partial charge on any atom is 0.338 e. The molecule has 4 aromatic carbocycles. The molecule has 8 aromatic rings. The van der Waals surface area contributed by atoms with Crippen LogP contribution < -0.4 is 14.4 Å². The summed E-state index contributed by atoms with van der Waals surface area (Å²) in [4.78, 5) is 46.3. The number of hydrogen-bond donors (Lipinski definition) is 0. The quantitative estimate of drug-likeness (QED) is 0.0800. The van der Waals surface area contributed by atoms with Crippen LogP contribution in [0.2, 0.25) is 5.02 Å². The van der Waals surface area contributed by atoms with Crippen LogP contribution in [0.1, 0.15) is 56.5 Å². The van der Waals surface area contributed by atoms with Gasteiger partial charge in [-0.25, -0.2) is 42.7 Å². The van der Waals surface area contributed by atoms with E-state index in [9.17, 15) is 14.0 Å². The van der Waals surface area contributed by atoms with Crippen molar-refractivity contribution in [2.24, 2.45) is 0 Å². The Balaban J connectivity index is 0.000000218. The molecule has 0 saturated carbocycles. The predicted octanol–water partition coefficient (Wildman–Crippen LogP) is 8.60. The Bertz CT molecular complexity index is 3430. The Morgan fingerprint density at radius 1 is 0.743 bits per heavy atom. The first-order valence-corrected chi connectivity index (χ1v) is 24.7. The summed E-state index contributed by atoms with van der Waals surface area (Å²) in [6.45, 7) is 10.5. The van der Waals surface area contributed by atoms with Gasteiger partial charge in [0.2, 0.25) is 0 Å². The molecule has 22 heteroatoms. The van der Waals surface area contributed by atoms with Crippen LogP contribution in [-0.2, 0) is 58.6 Å². The minimum Gasteiger partial charge on any atom is -0.465 e. The molecule has 0 amide bonds. The second-order valence-corrected chi connectivity index (χ2v) is 18.9. The number of halogens is 5. The topological polar surface area (TPSA) is 158 Å². The summed E-state index contributed by atoms with van der Waals surface area (Å²) in [5.74, 6) is -0.0911. The van der Waals surface area contributed by atoms with Gasteiger partial charge in [-0.05, 0) is 68.4 Å². The third kappa shape index (κ3) is 9.50. The molecule has 74 heavy (non-hydrogen) atoms. The maximum absolute atomic E-state index is 15.5. The molecule has 17 nitrogen and oxygen atoms in total. The zero-order chi connectivity index (χ0) is 52.0. The van der Waals surface area contributed by atoms with Gasteiger partial charge in [0.15, 0.2) is 23.1 Å². The summed E-state index contributed by atoms with van der Waals surface area (Å²) in [6.07, 6.45) is 7.23. The van der Waals surface area contributed by atoms with Crippen molar-refractivity contribution in [2.45, 2.75) is 77.2 Å². The van der Waals surface area contributed by atoms with E-state index in [1.165, 1.54) is 26.4 Å². The molecule has 2 saturated heterocycles. The van der Waals surface area contributed by atoms with Gasteiger partial charge in [-0.15, -0.1) is 11.6 Å². The number of carbonyl (C=O) groups excluding carboxylic acids is 2. The third-order valence-electron chi connectivity index (χ3n) is 13.9. The summed E-state index contributed by atoms with van der Waals surface area (Å²) in [5, 5.41) is 0.288. The summed E-state index contributed by atoms with van der Waals surface area (Å²) in [6, 6.07) is 15.6. The van der Waals surface area contributed by atoms with E-state index in [0.29, 0.717) is 93.2 Å². The number of rotatable bonds is 13. The Morgan fingerprint density at radius 2 is 1.34 bits per heavy atom. The van der Waals surface area contributed by atoms with Crippen LogP contribution in [-0.4, -0.2) is 108 Å². The van der Waals surface area contributed by atoms with Gasteiger partial charge in [0.25, 0.3) is 5.79 Å². The summed E-state index contributed by atoms with van der Waals surface area (Å²) in [7, 11) is 2.53. The number of methoxy groups -OCH3 is 2. The van der Waals surface area contributed by atoms with Gasteiger partial charge in [-0.2, -0.15) is 0 Å². The van der Waals surface area contributed by atoms with Crippen molar-refractivity contribution in [3.63, 3.8) is 0 Å². The second kappa shape index (κ2) is 20.6. The Kier molecular flexibility index (Phi) is 14.1. The molecule has 4 aromatic heterocycles. The van der Waals surface area contributed by atoms with Crippen LogP contribution in [0.3, 0.4) is 0 Å². The van der Waals surface area contributed by atoms with E-state index >= 15 is 8.78 Å². The van der Waals surface area contributed by atoms with Gasteiger partial charge in [0.1, 0.15) is 40.1 Å². The highest BCUT2D eigenvalue weighted by Crippen LogP contribution is 2.51. The fourth-order valence-corrected chi connectivity index (χ4v) is 10.4. The SMILES string of the molecule is COC(=O)c1cc(F)c2nc(CCl)n(CCn3ccnc3C)c2c1.COC(=O)c1cc(F)c2nc(CN3CCN(c4cccc5c4O[C@](C)(c4ccc(Cl)cc4F)O5)[C@H]4COC[C@H]43)n(CCn3ccnc3C)c2c1. The zero-order valence-corrected chi connectivity index (χ0v) is 42.5. The lowest BCUT2D eigenvalue weighted by atomic mass is 10.0. The number of carbonyl (C=O) groups is 2. The average Bonchev–Trinajstić information content (AvgIpc) is 4.27. The molecule has 3 atom stereocenters.